The number of benzene rings is 2. The number of nitrogens with one attached hydrogen (secondary N) is 4. The number of piperazine rings is 1. The molecule has 284 valence electrons. The lowest BCUT2D eigenvalue weighted by atomic mass is 9.99. The second-order valence-electron chi connectivity index (χ2n) is 14.7. The van der Waals surface area contributed by atoms with Gasteiger partial charge in [-0.25, -0.2) is 14.1 Å². The number of hydrogen-bond acceptors (Lipinski definition) is 8. The molecule has 4 heterocycles. The van der Waals surface area contributed by atoms with Crippen LogP contribution >= 0.6 is 0 Å². The van der Waals surface area contributed by atoms with E-state index in [0.717, 1.165) is 96.9 Å². The molecule has 11 nitrogen and oxygen atoms in total. The molecule has 2 aliphatic rings. The number of anilines is 1. The van der Waals surface area contributed by atoms with Gasteiger partial charge in [0.25, 0.3) is 0 Å². The molecule has 2 aromatic carbocycles. The number of aromatic nitrogens is 3. The van der Waals surface area contributed by atoms with E-state index in [1.54, 1.807) is 6.07 Å². The van der Waals surface area contributed by atoms with Gasteiger partial charge in [0.15, 0.2) is 5.65 Å². The zero-order valence-corrected chi connectivity index (χ0v) is 31.6. The molecule has 0 saturated carbocycles. The van der Waals surface area contributed by atoms with Crippen LogP contribution in [0.25, 0.3) is 22.2 Å². The molecule has 2 fully saturated rings. The Morgan fingerprint density at radius 2 is 1.81 bits per heavy atom. The minimum absolute atomic E-state index is 0.120. The summed E-state index contributed by atoms with van der Waals surface area (Å²) in [5.41, 5.74) is 7.02. The smallest absolute Gasteiger partial charge is 0.220 e. The molecule has 12 heteroatoms. The summed E-state index contributed by atoms with van der Waals surface area (Å²) < 4.78 is 22.5. The van der Waals surface area contributed by atoms with Crippen LogP contribution in [0.2, 0.25) is 0 Å². The summed E-state index contributed by atoms with van der Waals surface area (Å²) in [4.78, 5) is 33.6. The first-order valence-electron chi connectivity index (χ1n) is 19.3. The fraction of sp³-hybridized carbons (Fsp3) is 0.512. The number of hydrogen-bond donors (Lipinski definition) is 4. The van der Waals surface area contributed by atoms with Crippen LogP contribution in [0.3, 0.4) is 0 Å². The molecule has 53 heavy (non-hydrogen) atoms. The van der Waals surface area contributed by atoms with Gasteiger partial charge in [-0.15, -0.1) is 0 Å². The summed E-state index contributed by atoms with van der Waals surface area (Å²) in [5, 5.41) is 18.8. The zero-order valence-electron chi connectivity index (χ0n) is 31.6. The zero-order chi connectivity index (χ0) is 37.3. The van der Waals surface area contributed by atoms with E-state index in [1.165, 1.54) is 6.07 Å². The molecule has 0 radical (unpaired) electrons. The fourth-order valence-corrected chi connectivity index (χ4v) is 7.49. The number of aryl methyl sites for hydroxylation is 2. The quantitative estimate of drug-likeness (QED) is 0.126. The van der Waals surface area contributed by atoms with Crippen LogP contribution in [0.5, 0.6) is 0 Å². The van der Waals surface area contributed by atoms with Crippen molar-refractivity contribution in [3.63, 3.8) is 0 Å². The first-order valence-corrected chi connectivity index (χ1v) is 19.3. The van der Waals surface area contributed by atoms with Gasteiger partial charge >= 0.3 is 0 Å². The highest BCUT2D eigenvalue weighted by Crippen LogP contribution is 2.31. The maximum absolute atomic E-state index is 15.1. The molecule has 1 unspecified atom stereocenters. The molecule has 6 rings (SSSR count). The summed E-state index contributed by atoms with van der Waals surface area (Å²) in [6.45, 7) is 14.7. The lowest BCUT2D eigenvalue weighted by Gasteiger charge is -2.31. The monoisotopic (exact) mass is 726 g/mol. The van der Waals surface area contributed by atoms with Crippen LogP contribution in [0.1, 0.15) is 75.8 Å². The second kappa shape index (κ2) is 18.1. The summed E-state index contributed by atoms with van der Waals surface area (Å²) in [5.74, 6) is -0.737. The van der Waals surface area contributed by atoms with E-state index >= 15 is 4.39 Å². The normalized spacial score (nSPS) is 17.5. The highest BCUT2D eigenvalue weighted by atomic mass is 19.1. The van der Waals surface area contributed by atoms with E-state index in [0.29, 0.717) is 31.1 Å². The first-order chi connectivity index (χ1) is 25.7. The molecule has 0 bridgehead atoms. The number of halogens is 1. The van der Waals surface area contributed by atoms with Crippen molar-refractivity contribution in [1.29, 1.82) is 0 Å². The number of fused-ring (bicyclic) bond motifs is 1. The van der Waals surface area contributed by atoms with Crippen LogP contribution < -0.4 is 21.3 Å². The van der Waals surface area contributed by atoms with Crippen molar-refractivity contribution in [2.75, 3.05) is 38.2 Å². The third-order valence-corrected chi connectivity index (χ3v) is 10.3. The van der Waals surface area contributed by atoms with Crippen LogP contribution in [0, 0.1) is 11.7 Å². The Morgan fingerprint density at radius 1 is 1.04 bits per heavy atom. The second-order valence-corrected chi connectivity index (χ2v) is 14.7. The molecule has 4 aromatic rings. The van der Waals surface area contributed by atoms with Crippen LogP contribution in [0.4, 0.5) is 10.1 Å². The Bertz CT molecular complexity index is 1870. The Hall–Kier alpha value is -4.39. The number of ether oxygens (including phenoxy) is 1. The van der Waals surface area contributed by atoms with E-state index in [4.69, 9.17) is 9.72 Å². The maximum Gasteiger partial charge on any atom is 0.220 e. The average Bonchev–Trinajstić information content (AvgIpc) is 3.57. The molecule has 0 aliphatic carbocycles. The number of rotatable bonds is 15. The predicted molar refractivity (Wildman–Crippen MR) is 207 cm³/mol. The van der Waals surface area contributed by atoms with Gasteiger partial charge in [0.1, 0.15) is 5.82 Å². The summed E-state index contributed by atoms with van der Waals surface area (Å²) >= 11 is 0. The van der Waals surface area contributed by atoms with Gasteiger partial charge in [-0.05, 0) is 73.9 Å². The number of carbonyl (C=O) groups excluding carboxylic acids is 2. The van der Waals surface area contributed by atoms with Crippen molar-refractivity contribution in [2.45, 2.75) is 98.1 Å². The number of amides is 2. The molecular weight excluding hydrogens is 672 g/mol. The van der Waals surface area contributed by atoms with E-state index in [2.05, 4.69) is 64.2 Å². The molecule has 2 amide bonds. The Labute approximate surface area is 312 Å². The molecule has 2 aliphatic heterocycles. The molecular formula is C41H55FN8O3. The molecule has 2 aromatic heterocycles. The third-order valence-electron chi connectivity index (χ3n) is 10.3. The van der Waals surface area contributed by atoms with Gasteiger partial charge in [0.05, 0.1) is 17.3 Å². The minimum atomic E-state index is -0.295. The van der Waals surface area contributed by atoms with E-state index < -0.39 is 0 Å². The third kappa shape index (κ3) is 9.98. The maximum atomic E-state index is 15.1. The van der Waals surface area contributed by atoms with Gasteiger partial charge in [-0.3, -0.25) is 14.5 Å². The van der Waals surface area contributed by atoms with E-state index in [-0.39, 0.29) is 49.0 Å². The van der Waals surface area contributed by atoms with Crippen molar-refractivity contribution in [2.24, 2.45) is 5.92 Å². The molecule has 0 spiro atoms. The van der Waals surface area contributed by atoms with E-state index in [9.17, 15) is 9.59 Å². The van der Waals surface area contributed by atoms with Crippen molar-refractivity contribution in [3.05, 3.63) is 76.9 Å². The lowest BCUT2D eigenvalue weighted by molar-refractivity contribution is -0.124. The number of carbonyl (C=O) groups is 2. The molecule has 2 atom stereocenters. The topological polar surface area (TPSA) is 125 Å². The Kier molecular flexibility index (Phi) is 13.1. The van der Waals surface area contributed by atoms with Crippen LogP contribution in [-0.2, 0) is 46.9 Å². The van der Waals surface area contributed by atoms with Gasteiger partial charge in [-0.1, -0.05) is 38.1 Å². The molecule has 2 saturated heterocycles. The summed E-state index contributed by atoms with van der Waals surface area (Å²) in [7, 11) is 0. The highest BCUT2D eigenvalue weighted by Gasteiger charge is 2.23. The highest BCUT2D eigenvalue weighted by molar-refractivity contribution is 5.92. The van der Waals surface area contributed by atoms with Crippen LogP contribution in [-0.4, -0.2) is 76.4 Å². The minimum Gasteiger partial charge on any atom is -0.381 e. The van der Waals surface area contributed by atoms with Crippen LogP contribution in [0.15, 0.2) is 48.7 Å². The van der Waals surface area contributed by atoms with Crippen molar-refractivity contribution in [3.8, 4) is 11.1 Å². The lowest BCUT2D eigenvalue weighted by Crippen LogP contribution is -2.48. The van der Waals surface area contributed by atoms with Gasteiger partial charge in [-0.2, -0.15) is 5.10 Å². The average molecular weight is 727 g/mol. The first kappa shape index (κ1) is 38.3. The van der Waals surface area contributed by atoms with Gasteiger partial charge < -0.3 is 26.0 Å². The predicted octanol–water partition coefficient (Wildman–Crippen LogP) is 5.55. The Morgan fingerprint density at radius 3 is 2.55 bits per heavy atom. The molecule has 4 N–H and O–H groups in total. The Balaban J connectivity index is 1.03. The number of nitrogens with zero attached hydrogens (tertiary/aromatic N) is 4. The SMILES string of the molecule is CCc1nc2c(cnn2CC)c(NC2CCOCC2)c1CNC(=O)CC(C)CC(=O)NCc1ccc(F)c(-c2cccc(CN3CCN[C@@H](C)C3)c2)c1. The van der Waals surface area contributed by atoms with Crippen molar-refractivity contribution in [1.82, 2.24) is 35.6 Å². The summed E-state index contributed by atoms with van der Waals surface area (Å²) in [6, 6.07) is 13.7. The van der Waals surface area contributed by atoms with Crippen molar-refractivity contribution >= 4 is 28.5 Å². The number of pyridine rings is 1. The van der Waals surface area contributed by atoms with Gasteiger partial charge in [0.2, 0.25) is 11.8 Å². The fourth-order valence-electron chi connectivity index (χ4n) is 7.49. The van der Waals surface area contributed by atoms with E-state index in [1.807, 2.05) is 36.0 Å². The standard InChI is InChI=1S/C41H55FN8O3/c1-5-37-34(40(47-32-12-16-53-17-13-32)35-24-46-50(6-2)41(35)48-37)23-45-39(52)19-27(3)18-38(51)44-22-29-10-11-36(42)33(21-29)31-9-7-8-30(20-31)26-49-15-14-43-28(4)25-49/h7-11,20-21,24,27-28,32,43H,5-6,12-19,22-23,25-26H2,1-4H3,(H,44,51)(H,45,52)(H,47,48)/t27?,28-/m0/s1. The van der Waals surface area contributed by atoms with Gasteiger partial charge in [0, 0.05) is 101 Å². The summed E-state index contributed by atoms with van der Waals surface area (Å²) in [6.07, 6.45) is 4.81. The largest absolute Gasteiger partial charge is 0.381 e. The van der Waals surface area contributed by atoms with Crippen molar-refractivity contribution < 1.29 is 18.7 Å².